The van der Waals surface area contributed by atoms with Gasteiger partial charge in [-0.3, -0.25) is 9.51 Å². The van der Waals surface area contributed by atoms with Crippen molar-refractivity contribution in [2.45, 2.75) is 84.2 Å². The van der Waals surface area contributed by atoms with Crippen molar-refractivity contribution >= 4 is 24.0 Å². The zero-order chi connectivity index (χ0) is 25.4. The Labute approximate surface area is 212 Å². The molecule has 2 N–H and O–H groups in total. The fourth-order valence-electron chi connectivity index (χ4n) is 5.93. The molecule has 0 radical (unpaired) electrons. The van der Waals surface area contributed by atoms with Crippen LogP contribution in [0.15, 0.2) is 25.6 Å². The molecule has 2 aromatic heterocycles. The molecule has 36 heavy (non-hydrogen) atoms. The van der Waals surface area contributed by atoms with E-state index in [4.69, 9.17) is 9.51 Å². The summed E-state index contributed by atoms with van der Waals surface area (Å²) in [6.07, 6.45) is 9.73. The van der Waals surface area contributed by atoms with Gasteiger partial charge in [0.1, 0.15) is 5.69 Å². The van der Waals surface area contributed by atoms with Crippen molar-refractivity contribution in [2.75, 3.05) is 23.9 Å². The third kappa shape index (κ3) is 4.65. The van der Waals surface area contributed by atoms with E-state index in [9.17, 15) is 4.79 Å². The smallest absolute Gasteiger partial charge is 0.365 e. The number of H-pyrrole nitrogens is 1. The number of hydrogen-bond donors (Lipinski definition) is 2. The largest absolute Gasteiger partial charge is 0.439 e. The third-order valence-electron chi connectivity index (χ3n) is 8.36. The molecule has 0 bridgehead atoms. The van der Waals surface area contributed by atoms with Gasteiger partial charge >= 0.3 is 5.76 Å². The average Bonchev–Trinajstić information content (AvgIpc) is 3.25. The molecule has 1 saturated carbocycles. The van der Waals surface area contributed by atoms with Gasteiger partial charge in [-0.25, -0.2) is 19.8 Å². The lowest BCUT2D eigenvalue weighted by atomic mass is 9.80. The molecule has 3 aliphatic rings. The number of nitrogens with one attached hydrogen (secondary N) is 2. The molecule has 2 aromatic rings. The van der Waals surface area contributed by atoms with Crippen LogP contribution in [0, 0.1) is 11.8 Å². The average molecular weight is 495 g/mol. The fraction of sp³-hybridized carbons (Fsp3) is 0.654. The van der Waals surface area contributed by atoms with Gasteiger partial charge in [0, 0.05) is 24.8 Å². The Bertz CT molecular complexity index is 1200. The summed E-state index contributed by atoms with van der Waals surface area (Å²) in [5, 5.41) is 7.42. The van der Waals surface area contributed by atoms with Crippen LogP contribution < -0.4 is 16.0 Å². The highest BCUT2D eigenvalue weighted by molar-refractivity contribution is 5.79. The van der Waals surface area contributed by atoms with Gasteiger partial charge in [0.05, 0.1) is 6.67 Å². The van der Waals surface area contributed by atoms with Crippen molar-refractivity contribution < 1.29 is 4.52 Å². The van der Waals surface area contributed by atoms with Gasteiger partial charge in [-0.2, -0.15) is 0 Å². The van der Waals surface area contributed by atoms with Gasteiger partial charge < -0.3 is 15.1 Å². The van der Waals surface area contributed by atoms with E-state index in [-0.39, 0.29) is 17.7 Å². The molecular formula is C26H38N8O2. The van der Waals surface area contributed by atoms with E-state index in [1.807, 2.05) is 0 Å². The minimum atomic E-state index is -0.648. The minimum Gasteiger partial charge on any atom is -0.365 e. The standard InChI is InChI=1S/C26H38N8O2/c1-15-8-6-11-20-19(15)13-12-16(2)34(20)14-33(5)21-22(27-4)29-24(25-31-26(35)36-32-25)30-23(21)28-17(3)18-9-7-10-18/h15-18H,4,6-14H2,1-3,5H3,(H,28,29,30)(H,31,32,35)/t15-,16?,17+/m0/s1. The molecule has 0 aromatic carbocycles. The normalized spacial score (nSPS) is 23.2. The van der Waals surface area contributed by atoms with Gasteiger partial charge in [0.15, 0.2) is 11.6 Å². The van der Waals surface area contributed by atoms with Crippen LogP contribution >= 0.6 is 0 Å². The summed E-state index contributed by atoms with van der Waals surface area (Å²) in [6, 6.07) is 0.701. The Morgan fingerprint density at radius 1 is 1.22 bits per heavy atom. The summed E-state index contributed by atoms with van der Waals surface area (Å²) in [5.74, 6) is 2.16. The zero-order valence-electron chi connectivity index (χ0n) is 21.9. The maximum absolute atomic E-state index is 11.6. The number of aromatic nitrogens is 4. The minimum absolute atomic E-state index is 0.175. The second-order valence-corrected chi connectivity index (χ2v) is 10.8. The third-order valence-corrected chi connectivity index (χ3v) is 8.36. The summed E-state index contributed by atoms with van der Waals surface area (Å²) < 4.78 is 4.70. The monoisotopic (exact) mass is 494 g/mol. The second kappa shape index (κ2) is 10.1. The van der Waals surface area contributed by atoms with Gasteiger partial charge in [-0.05, 0) is 82.9 Å². The molecule has 5 rings (SSSR count). The quantitative estimate of drug-likeness (QED) is 0.507. The molecule has 0 spiro atoms. The van der Waals surface area contributed by atoms with Crippen LogP contribution in [0.2, 0.25) is 0 Å². The summed E-state index contributed by atoms with van der Waals surface area (Å²) in [4.78, 5) is 32.5. The van der Waals surface area contributed by atoms with E-state index in [0.29, 0.717) is 36.2 Å². The van der Waals surface area contributed by atoms with Crippen molar-refractivity contribution in [2.24, 2.45) is 16.8 Å². The molecule has 194 valence electrons. The molecule has 10 nitrogen and oxygen atoms in total. The van der Waals surface area contributed by atoms with Crippen molar-refractivity contribution in [3.63, 3.8) is 0 Å². The summed E-state index contributed by atoms with van der Waals surface area (Å²) in [5.41, 5.74) is 3.95. The lowest BCUT2D eigenvalue weighted by Crippen LogP contribution is -2.44. The molecule has 0 saturated heterocycles. The maximum atomic E-state index is 11.6. The number of aromatic amines is 1. The zero-order valence-corrected chi connectivity index (χ0v) is 21.9. The van der Waals surface area contributed by atoms with Crippen LogP contribution in [0.3, 0.4) is 0 Å². The van der Waals surface area contributed by atoms with Gasteiger partial charge in [0.2, 0.25) is 11.6 Å². The lowest BCUT2D eigenvalue weighted by molar-refractivity contribution is 0.210. The molecule has 1 unspecified atom stereocenters. The van der Waals surface area contributed by atoms with Crippen molar-refractivity contribution in [1.29, 1.82) is 0 Å². The lowest BCUT2D eigenvalue weighted by Gasteiger charge is -2.45. The van der Waals surface area contributed by atoms with E-state index in [2.05, 4.69) is 69.8 Å². The number of aliphatic imine (C=N–C) groups is 1. The summed E-state index contributed by atoms with van der Waals surface area (Å²) in [7, 11) is 2.07. The highest BCUT2D eigenvalue weighted by Gasteiger charge is 2.32. The first-order valence-corrected chi connectivity index (χ1v) is 13.3. The second-order valence-electron chi connectivity index (χ2n) is 10.8. The topological polar surface area (TPSA) is 116 Å². The molecule has 1 fully saturated rings. The van der Waals surface area contributed by atoms with E-state index in [1.54, 1.807) is 5.57 Å². The van der Waals surface area contributed by atoms with E-state index in [1.165, 1.54) is 50.6 Å². The number of hydrogen-bond acceptors (Lipinski definition) is 9. The Balaban J connectivity index is 1.52. The predicted octanol–water partition coefficient (Wildman–Crippen LogP) is 4.70. The highest BCUT2D eigenvalue weighted by Crippen LogP contribution is 2.42. The van der Waals surface area contributed by atoms with Crippen LogP contribution in [0.5, 0.6) is 0 Å². The Morgan fingerprint density at radius 3 is 2.69 bits per heavy atom. The van der Waals surface area contributed by atoms with E-state index < -0.39 is 5.76 Å². The molecule has 10 heteroatoms. The predicted molar refractivity (Wildman–Crippen MR) is 142 cm³/mol. The van der Waals surface area contributed by atoms with Crippen LogP contribution in [0.4, 0.5) is 17.3 Å². The Hall–Kier alpha value is -3.17. The number of anilines is 2. The molecule has 0 amide bonds. The number of rotatable bonds is 8. The number of allylic oxidation sites excluding steroid dienone is 2. The van der Waals surface area contributed by atoms with Gasteiger partial charge in [-0.15, -0.1) is 0 Å². The van der Waals surface area contributed by atoms with Crippen LogP contribution in [0.25, 0.3) is 11.6 Å². The maximum Gasteiger partial charge on any atom is 0.439 e. The van der Waals surface area contributed by atoms with Crippen LogP contribution in [0.1, 0.15) is 72.1 Å². The first-order valence-electron chi connectivity index (χ1n) is 13.3. The summed E-state index contributed by atoms with van der Waals surface area (Å²) >= 11 is 0. The van der Waals surface area contributed by atoms with Crippen molar-refractivity contribution in [1.82, 2.24) is 25.0 Å². The SMILES string of the molecule is C=Nc1nc(-c2noc(=O)[nH]2)nc(N[C@H](C)C2CCC2)c1N(C)CN1C2=C(CCC1C)[C@@H](C)CCC2. The van der Waals surface area contributed by atoms with Crippen LogP contribution in [-0.4, -0.2) is 57.5 Å². The van der Waals surface area contributed by atoms with E-state index in [0.717, 1.165) is 12.1 Å². The van der Waals surface area contributed by atoms with Crippen LogP contribution in [-0.2, 0) is 0 Å². The van der Waals surface area contributed by atoms with E-state index >= 15 is 0 Å². The first kappa shape index (κ1) is 24.5. The molecule has 3 heterocycles. The molecule has 2 aliphatic carbocycles. The van der Waals surface area contributed by atoms with Gasteiger partial charge in [0.25, 0.3) is 0 Å². The van der Waals surface area contributed by atoms with Crippen molar-refractivity contribution in [3.05, 3.63) is 21.8 Å². The molecular weight excluding hydrogens is 456 g/mol. The first-order chi connectivity index (χ1) is 17.4. The Morgan fingerprint density at radius 2 is 2.03 bits per heavy atom. The number of nitrogens with zero attached hydrogens (tertiary/aromatic N) is 6. The fourth-order valence-corrected chi connectivity index (χ4v) is 5.93. The molecule has 1 aliphatic heterocycles. The highest BCUT2D eigenvalue weighted by atomic mass is 16.5. The molecule has 3 atom stereocenters. The van der Waals surface area contributed by atoms with Gasteiger partial charge in [-0.1, -0.05) is 18.5 Å². The Kier molecular flexibility index (Phi) is 6.85. The van der Waals surface area contributed by atoms with Crippen molar-refractivity contribution in [3.8, 4) is 11.6 Å². The summed E-state index contributed by atoms with van der Waals surface area (Å²) in [6.45, 7) is 11.4.